The smallest absolute Gasteiger partial charge is 0.377 e. The maximum absolute atomic E-state index is 9.73. The van der Waals surface area contributed by atoms with E-state index in [0.29, 0.717) is 0 Å². The predicted octanol–water partition coefficient (Wildman–Crippen LogP) is -0.377. The number of esters is 1. The van der Waals surface area contributed by atoms with Gasteiger partial charge in [0.05, 0.1) is 0 Å². The zero-order chi connectivity index (χ0) is 5.86. The van der Waals surface area contributed by atoms with Gasteiger partial charge in [0.25, 0.3) is 0 Å². The Labute approximate surface area is 73.4 Å². The molecule has 1 amide bonds. The first-order valence-electron chi connectivity index (χ1n) is 1.61. The molecule has 0 bridgehead atoms. The van der Waals surface area contributed by atoms with Crippen molar-refractivity contribution in [2.75, 3.05) is 0 Å². The molecule has 55 valence electrons. The molecule has 0 saturated heterocycles. The molecule has 9 heavy (non-hydrogen) atoms. The van der Waals surface area contributed by atoms with E-state index in [0.717, 1.165) is 6.92 Å². The molecular weight excluding hydrogens is 209 g/mol. The average molecular weight is 214 g/mol. The molecule has 0 aromatic heterocycles. The minimum Gasteiger partial charge on any atom is -0.377 e. The fraction of sp³-hybridized carbons (Fsp3) is 0.333. The monoisotopic (exact) mass is 214 g/mol. The maximum atomic E-state index is 9.73. The first-order valence-corrected chi connectivity index (χ1v) is 1.61. The van der Waals surface area contributed by atoms with Gasteiger partial charge in [0.15, 0.2) is 0 Å². The Morgan fingerprint density at radius 2 is 1.78 bits per heavy atom. The molecule has 6 heteroatoms. The number of hydrogen-bond acceptors (Lipinski definition) is 3. The minimum atomic E-state index is -1.06. The molecule has 0 atom stereocenters. The van der Waals surface area contributed by atoms with Crippen LogP contribution in [0.5, 0.6) is 0 Å². The summed E-state index contributed by atoms with van der Waals surface area (Å²) in [6.45, 7) is 1.10. The Balaban J connectivity index is -0.000000180. The van der Waals surface area contributed by atoms with Crippen molar-refractivity contribution in [2.24, 2.45) is 5.73 Å². The van der Waals surface area contributed by atoms with Gasteiger partial charge in [0, 0.05) is 41.1 Å². The topological polar surface area (TPSA) is 69.4 Å². The van der Waals surface area contributed by atoms with E-state index in [1.807, 2.05) is 0 Å². The van der Waals surface area contributed by atoms with Gasteiger partial charge >= 0.3 is 12.1 Å². The predicted molar refractivity (Wildman–Crippen MR) is 21.3 cm³/mol. The standard InChI is InChI=1S/C3H5NO3.Fe.Mn/c1-2(5)7-3(4)6;;/h1H3,(H2,4,6);;. The van der Waals surface area contributed by atoms with Crippen LogP contribution in [0.2, 0.25) is 0 Å². The summed E-state index contributed by atoms with van der Waals surface area (Å²) in [7, 11) is 0. The van der Waals surface area contributed by atoms with Gasteiger partial charge in [-0.2, -0.15) is 0 Å². The van der Waals surface area contributed by atoms with Gasteiger partial charge < -0.3 is 10.5 Å². The van der Waals surface area contributed by atoms with Crippen LogP contribution in [0.1, 0.15) is 6.92 Å². The molecule has 0 aromatic carbocycles. The number of amides is 1. The molecular formula is C3H5FeMnNO3. The van der Waals surface area contributed by atoms with Crippen LogP contribution in [0.3, 0.4) is 0 Å². The molecule has 0 aliphatic carbocycles. The van der Waals surface area contributed by atoms with E-state index < -0.39 is 12.1 Å². The molecule has 0 rings (SSSR count). The molecule has 0 aromatic rings. The van der Waals surface area contributed by atoms with Crippen LogP contribution in [0.4, 0.5) is 4.79 Å². The Hall–Kier alpha value is -0.0210. The summed E-state index contributed by atoms with van der Waals surface area (Å²) in [4.78, 5) is 19.3. The van der Waals surface area contributed by atoms with Gasteiger partial charge in [-0.05, 0) is 0 Å². The number of carbonyl (C=O) groups is 2. The molecule has 2 N–H and O–H groups in total. The Morgan fingerprint density at radius 3 is 1.78 bits per heavy atom. The fourth-order valence-electron chi connectivity index (χ4n) is 0.142. The summed E-state index contributed by atoms with van der Waals surface area (Å²) in [5.41, 5.74) is 4.41. The summed E-state index contributed by atoms with van der Waals surface area (Å²) >= 11 is 0. The van der Waals surface area contributed by atoms with E-state index in [-0.39, 0.29) is 34.1 Å². The second-order valence-corrected chi connectivity index (χ2v) is 0.913. The molecule has 0 aliphatic heterocycles. The summed E-state index contributed by atoms with van der Waals surface area (Å²) in [6.07, 6.45) is -1.06. The van der Waals surface area contributed by atoms with E-state index in [9.17, 15) is 9.59 Å². The summed E-state index contributed by atoms with van der Waals surface area (Å²) in [6, 6.07) is 0. The molecule has 0 saturated carbocycles. The average Bonchev–Trinajstić information content (AvgIpc) is 1.27. The van der Waals surface area contributed by atoms with Gasteiger partial charge in [-0.25, -0.2) is 4.79 Å². The number of carbonyl (C=O) groups excluding carboxylic acids is 2. The van der Waals surface area contributed by atoms with E-state index >= 15 is 0 Å². The number of nitrogens with two attached hydrogens (primary N) is 1. The zero-order valence-corrected chi connectivity index (χ0v) is 6.82. The van der Waals surface area contributed by atoms with Crippen molar-refractivity contribution in [1.29, 1.82) is 0 Å². The number of ether oxygens (including phenoxy) is 1. The van der Waals surface area contributed by atoms with E-state index in [2.05, 4.69) is 10.5 Å². The minimum absolute atomic E-state index is 0. The van der Waals surface area contributed by atoms with Gasteiger partial charge in [0.2, 0.25) is 0 Å². The fourth-order valence-corrected chi connectivity index (χ4v) is 0.142. The van der Waals surface area contributed by atoms with Crippen molar-refractivity contribution in [3.63, 3.8) is 0 Å². The van der Waals surface area contributed by atoms with Crippen LogP contribution in [0.25, 0.3) is 0 Å². The molecule has 0 heterocycles. The van der Waals surface area contributed by atoms with E-state index in [1.165, 1.54) is 0 Å². The van der Waals surface area contributed by atoms with Crippen molar-refractivity contribution in [3.8, 4) is 0 Å². The quantitative estimate of drug-likeness (QED) is 0.339. The summed E-state index contributed by atoms with van der Waals surface area (Å²) in [5, 5.41) is 0. The number of primary amides is 1. The van der Waals surface area contributed by atoms with Crippen molar-refractivity contribution in [1.82, 2.24) is 0 Å². The summed E-state index contributed by atoms with van der Waals surface area (Å²) < 4.78 is 3.75. The van der Waals surface area contributed by atoms with Crippen LogP contribution in [-0.2, 0) is 43.7 Å². The third-order valence-electron chi connectivity index (χ3n) is 0.244. The van der Waals surface area contributed by atoms with Gasteiger partial charge in [-0.1, -0.05) is 0 Å². The second kappa shape index (κ2) is 7.98. The van der Waals surface area contributed by atoms with Crippen LogP contribution in [-0.4, -0.2) is 12.1 Å². The zero-order valence-electron chi connectivity index (χ0n) is 4.53. The Bertz CT molecular complexity index is 95.2. The maximum Gasteiger partial charge on any atom is 0.412 e. The second-order valence-electron chi connectivity index (χ2n) is 0.913. The molecule has 1 radical (unpaired) electrons. The third-order valence-corrected chi connectivity index (χ3v) is 0.244. The van der Waals surface area contributed by atoms with E-state index in [1.54, 1.807) is 0 Å². The van der Waals surface area contributed by atoms with E-state index in [4.69, 9.17) is 0 Å². The molecule has 4 nitrogen and oxygen atoms in total. The van der Waals surface area contributed by atoms with Gasteiger partial charge in [-0.3, -0.25) is 4.79 Å². The van der Waals surface area contributed by atoms with Crippen molar-refractivity contribution in [2.45, 2.75) is 6.92 Å². The molecule has 0 unspecified atom stereocenters. The van der Waals surface area contributed by atoms with Crippen LogP contribution >= 0.6 is 0 Å². The normalized spacial score (nSPS) is 5.89. The van der Waals surface area contributed by atoms with Gasteiger partial charge in [-0.15, -0.1) is 0 Å². The summed E-state index contributed by atoms with van der Waals surface area (Å²) in [5.74, 6) is -0.687. The SMILES string of the molecule is CC(=O)OC(N)=O.[Fe].[Mn]. The third kappa shape index (κ3) is 18.0. The number of hydrogen-bond donors (Lipinski definition) is 1. The Kier molecular flexibility index (Phi) is 14.2. The van der Waals surface area contributed by atoms with Gasteiger partial charge in [0.1, 0.15) is 0 Å². The van der Waals surface area contributed by atoms with Crippen LogP contribution in [0.15, 0.2) is 0 Å². The number of rotatable bonds is 0. The largest absolute Gasteiger partial charge is 0.412 e. The first-order chi connectivity index (χ1) is 3.13. The molecule has 0 spiro atoms. The first kappa shape index (κ1) is 16.0. The van der Waals surface area contributed by atoms with Crippen LogP contribution in [0, 0.1) is 0 Å². The van der Waals surface area contributed by atoms with Crippen LogP contribution < -0.4 is 5.73 Å². The molecule has 0 aliphatic rings. The van der Waals surface area contributed by atoms with Crippen molar-refractivity contribution < 1.29 is 48.5 Å². The van der Waals surface area contributed by atoms with Crippen molar-refractivity contribution >= 4 is 12.1 Å². The molecule has 0 fully saturated rings. The Morgan fingerprint density at radius 1 is 1.44 bits per heavy atom. The van der Waals surface area contributed by atoms with Crippen molar-refractivity contribution in [3.05, 3.63) is 0 Å².